The Balaban J connectivity index is 1.97. The lowest BCUT2D eigenvalue weighted by Crippen LogP contribution is -2.24. The van der Waals surface area contributed by atoms with E-state index in [1.165, 1.54) is 35.2 Å². The first-order chi connectivity index (χ1) is 9.79. The van der Waals surface area contributed by atoms with Crippen molar-refractivity contribution in [3.8, 4) is 0 Å². The van der Waals surface area contributed by atoms with Crippen LogP contribution in [0.3, 0.4) is 0 Å². The average molecular weight is 267 g/mol. The standard InChI is InChI=1S/C17H21N3/c1-13-6-7-17(15(10-13)11-18)20-9-3-5-16(20)14-4-2-8-19-12-14/h2,4,6-8,10,12,16H,3,5,9,11,18H2,1H3. The maximum atomic E-state index is 5.93. The third-order valence-corrected chi connectivity index (χ3v) is 4.09. The van der Waals surface area contributed by atoms with Crippen LogP contribution in [0, 0.1) is 6.92 Å². The maximum Gasteiger partial charge on any atom is 0.0558 e. The lowest BCUT2D eigenvalue weighted by atomic mass is 10.0. The zero-order valence-electron chi connectivity index (χ0n) is 11.9. The van der Waals surface area contributed by atoms with Gasteiger partial charge in [-0.05, 0) is 43.0 Å². The largest absolute Gasteiger partial charge is 0.364 e. The summed E-state index contributed by atoms with van der Waals surface area (Å²) in [6, 6.07) is 11.2. The Morgan fingerprint density at radius 3 is 3.00 bits per heavy atom. The number of pyridine rings is 1. The topological polar surface area (TPSA) is 42.2 Å². The van der Waals surface area contributed by atoms with Crippen molar-refractivity contribution >= 4 is 5.69 Å². The van der Waals surface area contributed by atoms with Gasteiger partial charge in [0.2, 0.25) is 0 Å². The Bertz CT molecular complexity index is 580. The van der Waals surface area contributed by atoms with Crippen molar-refractivity contribution in [3.05, 3.63) is 59.4 Å². The second-order valence-electron chi connectivity index (χ2n) is 5.47. The fraction of sp³-hybridized carbons (Fsp3) is 0.353. The van der Waals surface area contributed by atoms with Crippen molar-refractivity contribution in [1.29, 1.82) is 0 Å². The number of rotatable bonds is 3. The van der Waals surface area contributed by atoms with Crippen molar-refractivity contribution < 1.29 is 0 Å². The Kier molecular flexibility index (Phi) is 3.70. The fourth-order valence-corrected chi connectivity index (χ4v) is 3.13. The zero-order valence-corrected chi connectivity index (χ0v) is 11.9. The number of aryl methyl sites for hydroxylation is 1. The molecule has 0 bridgehead atoms. The number of nitrogens with two attached hydrogens (primary N) is 1. The molecule has 3 heteroatoms. The SMILES string of the molecule is Cc1ccc(N2CCCC2c2cccnc2)c(CN)c1. The van der Waals surface area contributed by atoms with Crippen molar-refractivity contribution in [1.82, 2.24) is 4.98 Å². The molecule has 0 spiro atoms. The lowest BCUT2D eigenvalue weighted by Gasteiger charge is -2.29. The first-order valence-electron chi connectivity index (χ1n) is 7.26. The normalized spacial score (nSPS) is 18.5. The Labute approximate surface area is 120 Å². The summed E-state index contributed by atoms with van der Waals surface area (Å²) in [5, 5.41) is 0. The minimum atomic E-state index is 0.428. The van der Waals surface area contributed by atoms with Crippen LogP contribution in [0.4, 0.5) is 5.69 Å². The third kappa shape index (κ3) is 2.41. The van der Waals surface area contributed by atoms with Gasteiger partial charge in [0.25, 0.3) is 0 Å². The molecule has 20 heavy (non-hydrogen) atoms. The van der Waals surface area contributed by atoms with Gasteiger partial charge >= 0.3 is 0 Å². The van der Waals surface area contributed by atoms with Gasteiger partial charge in [0.1, 0.15) is 0 Å². The first-order valence-corrected chi connectivity index (χ1v) is 7.26. The fourth-order valence-electron chi connectivity index (χ4n) is 3.13. The highest BCUT2D eigenvalue weighted by Gasteiger charge is 2.27. The highest BCUT2D eigenvalue weighted by Crippen LogP contribution is 2.37. The van der Waals surface area contributed by atoms with Gasteiger partial charge in [-0.3, -0.25) is 4.98 Å². The van der Waals surface area contributed by atoms with Crippen molar-refractivity contribution in [3.63, 3.8) is 0 Å². The summed E-state index contributed by atoms with van der Waals surface area (Å²) in [6.07, 6.45) is 6.22. The van der Waals surface area contributed by atoms with Crippen LogP contribution in [0.15, 0.2) is 42.7 Å². The molecule has 3 nitrogen and oxygen atoms in total. The lowest BCUT2D eigenvalue weighted by molar-refractivity contribution is 0.712. The molecule has 1 fully saturated rings. The predicted octanol–water partition coefficient (Wildman–Crippen LogP) is 3.19. The smallest absolute Gasteiger partial charge is 0.0558 e. The Hall–Kier alpha value is -1.87. The van der Waals surface area contributed by atoms with Crippen molar-refractivity contribution in [2.24, 2.45) is 5.73 Å². The van der Waals surface area contributed by atoms with E-state index < -0.39 is 0 Å². The van der Waals surface area contributed by atoms with Gasteiger partial charge in [-0.2, -0.15) is 0 Å². The van der Waals surface area contributed by atoms with Gasteiger partial charge in [-0.25, -0.2) is 0 Å². The van der Waals surface area contributed by atoms with E-state index >= 15 is 0 Å². The van der Waals surface area contributed by atoms with Crippen LogP contribution in [0.25, 0.3) is 0 Å². The molecule has 1 aliphatic rings. The molecular formula is C17H21N3. The summed E-state index contributed by atoms with van der Waals surface area (Å²) >= 11 is 0. The minimum absolute atomic E-state index is 0.428. The molecule has 0 aliphatic carbocycles. The van der Waals surface area contributed by atoms with E-state index in [-0.39, 0.29) is 0 Å². The van der Waals surface area contributed by atoms with E-state index in [0.29, 0.717) is 12.6 Å². The van der Waals surface area contributed by atoms with Crippen LogP contribution in [0.2, 0.25) is 0 Å². The number of hydrogen-bond donors (Lipinski definition) is 1. The predicted molar refractivity (Wildman–Crippen MR) is 82.6 cm³/mol. The molecule has 2 heterocycles. The molecule has 1 aliphatic heterocycles. The first kappa shape index (κ1) is 13.1. The number of anilines is 1. The highest BCUT2D eigenvalue weighted by molar-refractivity contribution is 5.57. The molecule has 0 radical (unpaired) electrons. The average Bonchev–Trinajstić information content (AvgIpc) is 2.97. The van der Waals surface area contributed by atoms with Crippen LogP contribution in [-0.4, -0.2) is 11.5 Å². The minimum Gasteiger partial charge on any atom is -0.364 e. The van der Waals surface area contributed by atoms with E-state index in [4.69, 9.17) is 5.73 Å². The molecule has 1 saturated heterocycles. The van der Waals surface area contributed by atoms with Crippen LogP contribution < -0.4 is 10.6 Å². The van der Waals surface area contributed by atoms with Crippen molar-refractivity contribution in [2.75, 3.05) is 11.4 Å². The number of benzene rings is 1. The van der Waals surface area contributed by atoms with Gasteiger partial charge in [-0.1, -0.05) is 23.8 Å². The van der Waals surface area contributed by atoms with Crippen LogP contribution in [0.1, 0.15) is 35.6 Å². The Morgan fingerprint density at radius 2 is 2.25 bits per heavy atom. The van der Waals surface area contributed by atoms with Crippen molar-refractivity contribution in [2.45, 2.75) is 32.4 Å². The molecule has 0 amide bonds. The number of hydrogen-bond acceptors (Lipinski definition) is 3. The third-order valence-electron chi connectivity index (χ3n) is 4.09. The molecule has 2 N–H and O–H groups in total. The zero-order chi connectivity index (χ0) is 13.9. The highest BCUT2D eigenvalue weighted by atomic mass is 15.2. The Morgan fingerprint density at radius 1 is 1.35 bits per heavy atom. The van der Waals surface area contributed by atoms with E-state index in [9.17, 15) is 0 Å². The van der Waals surface area contributed by atoms with Gasteiger partial charge in [0.05, 0.1) is 6.04 Å². The summed E-state index contributed by atoms with van der Waals surface area (Å²) in [4.78, 5) is 6.75. The molecule has 1 atom stereocenters. The second-order valence-corrected chi connectivity index (χ2v) is 5.47. The summed E-state index contributed by atoms with van der Waals surface area (Å²) in [5.41, 5.74) is 11.0. The van der Waals surface area contributed by atoms with Gasteiger partial charge in [0, 0.05) is 31.2 Å². The second kappa shape index (κ2) is 5.63. The summed E-state index contributed by atoms with van der Waals surface area (Å²) < 4.78 is 0. The molecule has 3 rings (SSSR count). The molecule has 104 valence electrons. The van der Waals surface area contributed by atoms with Crippen LogP contribution >= 0.6 is 0 Å². The molecule has 1 aromatic heterocycles. The van der Waals surface area contributed by atoms with E-state index in [2.05, 4.69) is 41.1 Å². The molecule has 1 aromatic carbocycles. The summed E-state index contributed by atoms with van der Waals surface area (Å²) in [5.74, 6) is 0. The maximum absolute atomic E-state index is 5.93. The quantitative estimate of drug-likeness (QED) is 0.928. The summed E-state index contributed by atoms with van der Waals surface area (Å²) in [6.45, 7) is 3.80. The van der Waals surface area contributed by atoms with E-state index in [1.807, 2.05) is 18.5 Å². The van der Waals surface area contributed by atoms with Gasteiger partial charge in [0.15, 0.2) is 0 Å². The number of aromatic nitrogens is 1. The molecule has 2 aromatic rings. The summed E-state index contributed by atoms with van der Waals surface area (Å²) in [7, 11) is 0. The van der Waals surface area contributed by atoms with Gasteiger partial charge in [-0.15, -0.1) is 0 Å². The van der Waals surface area contributed by atoms with E-state index in [0.717, 1.165) is 6.54 Å². The van der Waals surface area contributed by atoms with Gasteiger partial charge < -0.3 is 10.6 Å². The molecule has 1 unspecified atom stereocenters. The van der Waals surface area contributed by atoms with Crippen LogP contribution in [-0.2, 0) is 6.54 Å². The van der Waals surface area contributed by atoms with E-state index in [1.54, 1.807) is 0 Å². The monoisotopic (exact) mass is 267 g/mol. The van der Waals surface area contributed by atoms with Crippen LogP contribution in [0.5, 0.6) is 0 Å². The molecular weight excluding hydrogens is 246 g/mol. The molecule has 0 saturated carbocycles. The number of nitrogens with zero attached hydrogens (tertiary/aromatic N) is 2.